The molecule has 0 bridgehead atoms. The van der Waals surface area contributed by atoms with Gasteiger partial charge < -0.3 is 14.7 Å². The van der Waals surface area contributed by atoms with Crippen molar-refractivity contribution in [1.29, 1.82) is 0 Å². The number of hydrogen-bond donors (Lipinski definition) is 1. The standard InChI is InChI=1S/C20H21FN4O2S/c21-17-5-3-14(4-6-17)11-22-20(26)25-8-1-2-15(12-25)10-18-23-19(24-27-18)16-7-9-28-13-16/h3-7,9,13,15H,1-2,8,10-12H2,(H,22,26). The molecule has 6 nitrogen and oxygen atoms in total. The van der Waals surface area contributed by atoms with Crippen molar-refractivity contribution in [3.8, 4) is 11.4 Å². The number of benzene rings is 1. The van der Waals surface area contributed by atoms with Crippen LogP contribution in [0.1, 0.15) is 24.3 Å². The van der Waals surface area contributed by atoms with Gasteiger partial charge in [-0.25, -0.2) is 9.18 Å². The lowest BCUT2D eigenvalue weighted by molar-refractivity contribution is 0.161. The van der Waals surface area contributed by atoms with E-state index in [0.717, 1.165) is 30.5 Å². The number of rotatable bonds is 5. The first-order chi connectivity index (χ1) is 13.7. The molecule has 0 spiro atoms. The number of nitrogens with zero attached hydrogens (tertiary/aromatic N) is 3. The van der Waals surface area contributed by atoms with Crippen LogP contribution in [0.15, 0.2) is 45.6 Å². The first-order valence-electron chi connectivity index (χ1n) is 9.30. The first kappa shape index (κ1) is 18.6. The number of amides is 2. The maximum atomic E-state index is 13.0. The molecule has 0 radical (unpaired) electrons. The second-order valence-electron chi connectivity index (χ2n) is 6.97. The van der Waals surface area contributed by atoms with Gasteiger partial charge in [-0.2, -0.15) is 16.3 Å². The van der Waals surface area contributed by atoms with Crippen molar-refractivity contribution < 1.29 is 13.7 Å². The lowest BCUT2D eigenvalue weighted by atomic mass is 9.95. The smallest absolute Gasteiger partial charge is 0.317 e. The predicted octanol–water partition coefficient (Wildman–Crippen LogP) is 4.10. The zero-order valence-corrected chi connectivity index (χ0v) is 16.1. The van der Waals surface area contributed by atoms with Gasteiger partial charge in [0.1, 0.15) is 5.82 Å². The maximum absolute atomic E-state index is 13.0. The molecular weight excluding hydrogens is 379 g/mol. The topological polar surface area (TPSA) is 71.3 Å². The van der Waals surface area contributed by atoms with Crippen molar-refractivity contribution in [3.05, 3.63) is 58.4 Å². The summed E-state index contributed by atoms with van der Waals surface area (Å²) < 4.78 is 18.4. The largest absolute Gasteiger partial charge is 0.339 e. The summed E-state index contributed by atoms with van der Waals surface area (Å²) in [5.41, 5.74) is 1.83. The molecule has 1 aliphatic rings. The van der Waals surface area contributed by atoms with Crippen LogP contribution >= 0.6 is 11.3 Å². The molecule has 1 N–H and O–H groups in total. The number of thiophene rings is 1. The lowest BCUT2D eigenvalue weighted by Crippen LogP contribution is -2.45. The van der Waals surface area contributed by atoms with E-state index >= 15 is 0 Å². The Morgan fingerprint density at radius 1 is 1.32 bits per heavy atom. The summed E-state index contributed by atoms with van der Waals surface area (Å²) in [6.45, 7) is 1.77. The van der Waals surface area contributed by atoms with Crippen LogP contribution in [0.2, 0.25) is 0 Å². The third-order valence-electron chi connectivity index (χ3n) is 4.87. The molecule has 1 fully saturated rings. The number of nitrogens with one attached hydrogen (secondary N) is 1. The van der Waals surface area contributed by atoms with Gasteiger partial charge in [0.05, 0.1) is 0 Å². The molecule has 2 aromatic heterocycles. The summed E-state index contributed by atoms with van der Waals surface area (Å²) in [6.07, 6.45) is 2.64. The van der Waals surface area contributed by atoms with Crippen molar-refractivity contribution in [2.24, 2.45) is 5.92 Å². The van der Waals surface area contributed by atoms with Crippen LogP contribution in [0, 0.1) is 11.7 Å². The second kappa shape index (κ2) is 8.52. The molecule has 1 aromatic carbocycles. The highest BCUT2D eigenvalue weighted by Crippen LogP contribution is 2.23. The molecule has 146 valence electrons. The van der Waals surface area contributed by atoms with Crippen molar-refractivity contribution in [2.45, 2.75) is 25.8 Å². The molecular formula is C20H21FN4O2S. The molecule has 3 aromatic rings. The van der Waals surface area contributed by atoms with Crippen molar-refractivity contribution in [1.82, 2.24) is 20.4 Å². The van der Waals surface area contributed by atoms with Crippen LogP contribution < -0.4 is 5.32 Å². The van der Waals surface area contributed by atoms with Gasteiger partial charge in [-0.05, 0) is 47.9 Å². The second-order valence-corrected chi connectivity index (χ2v) is 7.75. The van der Waals surface area contributed by atoms with E-state index in [9.17, 15) is 9.18 Å². The minimum atomic E-state index is -0.280. The van der Waals surface area contributed by atoms with Gasteiger partial charge in [0.25, 0.3) is 0 Å². The molecule has 4 rings (SSSR count). The normalized spacial score (nSPS) is 16.9. The summed E-state index contributed by atoms with van der Waals surface area (Å²) >= 11 is 1.60. The quantitative estimate of drug-likeness (QED) is 0.700. The molecule has 8 heteroatoms. The number of likely N-dealkylation sites (tertiary alicyclic amines) is 1. The zero-order chi connectivity index (χ0) is 19.3. The highest BCUT2D eigenvalue weighted by Gasteiger charge is 2.25. The Morgan fingerprint density at radius 3 is 2.96 bits per heavy atom. The van der Waals surface area contributed by atoms with Crippen molar-refractivity contribution in [2.75, 3.05) is 13.1 Å². The molecule has 0 saturated carbocycles. The monoisotopic (exact) mass is 400 g/mol. The van der Waals surface area contributed by atoms with Crippen molar-refractivity contribution >= 4 is 17.4 Å². The van der Waals surface area contributed by atoms with Crippen LogP contribution in [0.4, 0.5) is 9.18 Å². The predicted molar refractivity (Wildman–Crippen MR) is 104 cm³/mol. The Balaban J connectivity index is 1.30. The average Bonchev–Trinajstić information content (AvgIpc) is 3.39. The molecule has 1 atom stereocenters. The summed E-state index contributed by atoms with van der Waals surface area (Å²) in [5.74, 6) is 1.24. The van der Waals surface area contributed by atoms with Crippen LogP contribution in [-0.2, 0) is 13.0 Å². The fourth-order valence-electron chi connectivity index (χ4n) is 3.40. The van der Waals surface area contributed by atoms with E-state index in [2.05, 4.69) is 15.5 Å². The average molecular weight is 400 g/mol. The van der Waals surface area contributed by atoms with E-state index in [1.807, 2.05) is 21.7 Å². The summed E-state index contributed by atoms with van der Waals surface area (Å²) in [4.78, 5) is 18.8. The number of aromatic nitrogens is 2. The van der Waals surface area contributed by atoms with E-state index in [4.69, 9.17) is 4.52 Å². The Bertz CT molecular complexity index is 911. The third kappa shape index (κ3) is 4.56. The molecule has 3 heterocycles. The number of halogens is 1. The van der Waals surface area contributed by atoms with E-state index < -0.39 is 0 Å². The minimum absolute atomic E-state index is 0.0986. The number of piperidine rings is 1. The van der Waals surface area contributed by atoms with Crippen LogP contribution in [-0.4, -0.2) is 34.2 Å². The van der Waals surface area contributed by atoms with Gasteiger partial charge in [0.15, 0.2) is 0 Å². The van der Waals surface area contributed by atoms with Gasteiger partial charge in [-0.1, -0.05) is 17.3 Å². The van der Waals surface area contributed by atoms with Gasteiger partial charge in [0.2, 0.25) is 11.7 Å². The fourth-order valence-corrected chi connectivity index (χ4v) is 4.04. The third-order valence-corrected chi connectivity index (χ3v) is 5.56. The highest BCUT2D eigenvalue weighted by molar-refractivity contribution is 7.08. The number of carbonyl (C=O) groups is 1. The highest BCUT2D eigenvalue weighted by atomic mass is 32.1. The Morgan fingerprint density at radius 2 is 2.18 bits per heavy atom. The van der Waals surface area contributed by atoms with Crippen LogP contribution in [0.25, 0.3) is 11.4 Å². The van der Waals surface area contributed by atoms with E-state index in [1.54, 1.807) is 23.5 Å². The molecule has 0 aliphatic carbocycles. The van der Waals surface area contributed by atoms with Gasteiger partial charge in [-0.3, -0.25) is 0 Å². The van der Waals surface area contributed by atoms with Crippen LogP contribution in [0.3, 0.4) is 0 Å². The van der Waals surface area contributed by atoms with E-state index in [-0.39, 0.29) is 11.8 Å². The van der Waals surface area contributed by atoms with Gasteiger partial charge in [0, 0.05) is 37.0 Å². The van der Waals surface area contributed by atoms with Gasteiger partial charge in [-0.15, -0.1) is 0 Å². The fraction of sp³-hybridized carbons (Fsp3) is 0.350. The Labute approximate surface area is 166 Å². The Kier molecular flexibility index (Phi) is 5.66. The SMILES string of the molecule is O=C(NCc1ccc(F)cc1)N1CCCC(Cc2nc(-c3ccsc3)no2)C1. The molecule has 1 saturated heterocycles. The lowest BCUT2D eigenvalue weighted by Gasteiger charge is -2.32. The van der Waals surface area contributed by atoms with Crippen LogP contribution in [0.5, 0.6) is 0 Å². The molecule has 28 heavy (non-hydrogen) atoms. The number of urea groups is 1. The molecule has 2 amide bonds. The Hall–Kier alpha value is -2.74. The minimum Gasteiger partial charge on any atom is -0.339 e. The van der Waals surface area contributed by atoms with E-state index in [0.29, 0.717) is 37.1 Å². The number of hydrogen-bond acceptors (Lipinski definition) is 5. The maximum Gasteiger partial charge on any atom is 0.317 e. The van der Waals surface area contributed by atoms with E-state index in [1.165, 1.54) is 12.1 Å². The zero-order valence-electron chi connectivity index (χ0n) is 15.3. The molecule has 1 unspecified atom stereocenters. The van der Waals surface area contributed by atoms with Crippen molar-refractivity contribution in [3.63, 3.8) is 0 Å². The molecule has 1 aliphatic heterocycles. The first-order valence-corrected chi connectivity index (χ1v) is 10.2. The summed E-state index contributed by atoms with van der Waals surface area (Å²) in [5, 5.41) is 10.9. The number of carbonyl (C=O) groups excluding carboxylic acids is 1. The summed E-state index contributed by atoms with van der Waals surface area (Å²) in [6, 6.07) is 8.01. The van der Waals surface area contributed by atoms with Gasteiger partial charge >= 0.3 is 6.03 Å². The summed E-state index contributed by atoms with van der Waals surface area (Å²) in [7, 11) is 0.